The highest BCUT2D eigenvalue weighted by Crippen LogP contribution is 2.31. The molecule has 2 aromatic rings. The maximum absolute atomic E-state index is 9.64. The summed E-state index contributed by atoms with van der Waals surface area (Å²) in [5.74, 6) is -2.15. The first-order valence-electron chi connectivity index (χ1n) is 8.95. The third-order valence-corrected chi connectivity index (χ3v) is 3.96. The molecule has 1 aromatic heterocycles. The van der Waals surface area contributed by atoms with Gasteiger partial charge in [0.25, 0.3) is 0 Å². The van der Waals surface area contributed by atoms with Gasteiger partial charge < -0.3 is 19.8 Å². The predicted molar refractivity (Wildman–Crippen MR) is 106 cm³/mol. The summed E-state index contributed by atoms with van der Waals surface area (Å²) < 4.78 is 6.21. The molecule has 7 heteroatoms. The van der Waals surface area contributed by atoms with E-state index in [0.717, 1.165) is 17.8 Å². The summed E-state index contributed by atoms with van der Waals surface area (Å²) in [6.45, 7) is 3.63. The minimum atomic E-state index is -1.08. The third-order valence-electron chi connectivity index (χ3n) is 3.96. The first kappa shape index (κ1) is 23.3. The van der Waals surface area contributed by atoms with E-state index in [1.54, 1.807) is 0 Å². The van der Waals surface area contributed by atoms with Crippen LogP contribution in [0, 0.1) is 0 Å². The van der Waals surface area contributed by atoms with E-state index in [-0.39, 0.29) is 12.8 Å². The second-order valence-corrected chi connectivity index (χ2v) is 6.55. The van der Waals surface area contributed by atoms with Crippen LogP contribution in [0.4, 0.5) is 0 Å². The minimum absolute atomic E-state index is 0.296. The zero-order chi connectivity index (χ0) is 21.0. The number of hydrogen-bond acceptors (Lipinski definition) is 5. The summed E-state index contributed by atoms with van der Waals surface area (Å²) in [4.78, 5) is 25.9. The van der Waals surface area contributed by atoms with Gasteiger partial charge in [-0.1, -0.05) is 36.4 Å². The monoisotopic (exact) mass is 388 g/mol. The summed E-state index contributed by atoms with van der Waals surface area (Å²) in [7, 11) is 4.09. The second kappa shape index (κ2) is 11.8. The molecule has 0 unspecified atom stereocenters. The lowest BCUT2D eigenvalue weighted by Gasteiger charge is -2.30. The SMILES string of the molecule is CN(C)CCO[C@@](C)(c1ccccc1)c1ccccn1.O=C(O)CCC(=O)O. The first-order valence-corrected chi connectivity index (χ1v) is 8.95. The summed E-state index contributed by atoms with van der Waals surface area (Å²) in [5, 5.41) is 15.8. The van der Waals surface area contributed by atoms with E-state index in [4.69, 9.17) is 14.9 Å². The lowest BCUT2D eigenvalue weighted by Crippen LogP contribution is -2.32. The fourth-order valence-electron chi connectivity index (χ4n) is 2.35. The molecule has 152 valence electrons. The maximum atomic E-state index is 9.64. The highest BCUT2D eigenvalue weighted by atomic mass is 16.5. The molecule has 0 spiro atoms. The molecule has 0 fully saturated rings. The quantitative estimate of drug-likeness (QED) is 0.681. The number of benzene rings is 1. The Morgan fingerprint density at radius 3 is 2.04 bits per heavy atom. The van der Waals surface area contributed by atoms with Crippen molar-refractivity contribution < 1.29 is 24.5 Å². The van der Waals surface area contributed by atoms with Crippen molar-refractivity contribution in [3.63, 3.8) is 0 Å². The van der Waals surface area contributed by atoms with Crippen LogP contribution in [-0.2, 0) is 19.9 Å². The fourth-order valence-corrected chi connectivity index (χ4v) is 2.35. The molecule has 0 amide bonds. The molecule has 0 radical (unpaired) electrons. The van der Waals surface area contributed by atoms with Crippen LogP contribution < -0.4 is 0 Å². The number of aromatic nitrogens is 1. The molecule has 0 saturated carbocycles. The minimum Gasteiger partial charge on any atom is -0.481 e. The number of carboxylic acid groups (broad SMARTS) is 2. The van der Waals surface area contributed by atoms with E-state index in [9.17, 15) is 9.59 Å². The van der Waals surface area contributed by atoms with Gasteiger partial charge in [-0.2, -0.15) is 0 Å². The molecule has 28 heavy (non-hydrogen) atoms. The van der Waals surface area contributed by atoms with Crippen molar-refractivity contribution in [2.24, 2.45) is 0 Å². The van der Waals surface area contributed by atoms with E-state index in [2.05, 4.69) is 28.9 Å². The lowest BCUT2D eigenvalue weighted by atomic mass is 9.91. The van der Waals surface area contributed by atoms with Gasteiger partial charge in [-0.25, -0.2) is 0 Å². The molecule has 1 heterocycles. The maximum Gasteiger partial charge on any atom is 0.303 e. The van der Waals surface area contributed by atoms with E-state index in [1.165, 1.54) is 0 Å². The number of hydrogen-bond donors (Lipinski definition) is 2. The predicted octanol–water partition coefficient (Wildman–Crippen LogP) is 2.86. The molecule has 0 aliphatic carbocycles. The van der Waals surface area contributed by atoms with Crippen LogP contribution in [-0.4, -0.2) is 59.3 Å². The number of carbonyl (C=O) groups is 2. The zero-order valence-electron chi connectivity index (χ0n) is 16.5. The van der Waals surface area contributed by atoms with E-state index >= 15 is 0 Å². The van der Waals surface area contributed by atoms with Crippen molar-refractivity contribution in [1.82, 2.24) is 9.88 Å². The fraction of sp³-hybridized carbons (Fsp3) is 0.381. The van der Waals surface area contributed by atoms with E-state index in [1.807, 2.05) is 56.7 Å². The third kappa shape index (κ3) is 8.28. The van der Waals surface area contributed by atoms with Crippen LogP contribution in [0.2, 0.25) is 0 Å². The van der Waals surface area contributed by atoms with Crippen molar-refractivity contribution >= 4 is 11.9 Å². The van der Waals surface area contributed by atoms with Gasteiger partial charge >= 0.3 is 11.9 Å². The van der Waals surface area contributed by atoms with Gasteiger partial charge in [0.15, 0.2) is 0 Å². The highest BCUT2D eigenvalue weighted by molar-refractivity contribution is 5.75. The molecular formula is C21H28N2O5. The Hall–Kier alpha value is -2.77. The van der Waals surface area contributed by atoms with Gasteiger partial charge in [0.1, 0.15) is 5.60 Å². The topological polar surface area (TPSA) is 100.0 Å². The Labute approximate surface area is 165 Å². The zero-order valence-corrected chi connectivity index (χ0v) is 16.5. The number of likely N-dealkylation sites (N-methyl/N-ethyl adjacent to an activating group) is 1. The second-order valence-electron chi connectivity index (χ2n) is 6.55. The molecule has 2 N–H and O–H groups in total. The number of carboxylic acids is 2. The molecule has 2 rings (SSSR count). The molecular weight excluding hydrogens is 360 g/mol. The average Bonchev–Trinajstić information content (AvgIpc) is 2.68. The lowest BCUT2D eigenvalue weighted by molar-refractivity contribution is -0.143. The van der Waals surface area contributed by atoms with Crippen LogP contribution >= 0.6 is 0 Å². The van der Waals surface area contributed by atoms with E-state index in [0.29, 0.717) is 6.61 Å². The summed E-state index contributed by atoms with van der Waals surface area (Å²) >= 11 is 0. The number of aliphatic carboxylic acids is 2. The van der Waals surface area contributed by atoms with Gasteiger partial charge in [-0.3, -0.25) is 14.6 Å². The van der Waals surface area contributed by atoms with Crippen LogP contribution in [0.25, 0.3) is 0 Å². The Balaban J connectivity index is 0.000000416. The number of rotatable bonds is 9. The van der Waals surface area contributed by atoms with Gasteiger partial charge in [-0.05, 0) is 38.7 Å². The highest BCUT2D eigenvalue weighted by Gasteiger charge is 2.31. The van der Waals surface area contributed by atoms with Crippen LogP contribution in [0.5, 0.6) is 0 Å². The Morgan fingerprint density at radius 1 is 1.00 bits per heavy atom. The smallest absolute Gasteiger partial charge is 0.303 e. The van der Waals surface area contributed by atoms with Crippen molar-refractivity contribution in [2.45, 2.75) is 25.4 Å². The largest absolute Gasteiger partial charge is 0.481 e. The number of pyridine rings is 1. The summed E-state index contributed by atoms with van der Waals surface area (Å²) in [6, 6.07) is 16.2. The Bertz CT molecular complexity index is 667. The van der Waals surface area contributed by atoms with Crippen molar-refractivity contribution in [3.8, 4) is 0 Å². The van der Waals surface area contributed by atoms with Crippen LogP contribution in [0.1, 0.15) is 31.0 Å². The Morgan fingerprint density at radius 2 is 1.57 bits per heavy atom. The average molecular weight is 388 g/mol. The summed E-state index contributed by atoms with van der Waals surface area (Å²) in [5.41, 5.74) is 1.54. The molecule has 0 aliphatic rings. The van der Waals surface area contributed by atoms with Crippen LogP contribution in [0.15, 0.2) is 54.7 Å². The first-order chi connectivity index (χ1) is 13.3. The molecule has 7 nitrogen and oxygen atoms in total. The molecule has 1 atom stereocenters. The van der Waals surface area contributed by atoms with Gasteiger partial charge in [0.2, 0.25) is 0 Å². The number of ether oxygens (including phenoxy) is 1. The number of nitrogens with zero attached hydrogens (tertiary/aromatic N) is 2. The van der Waals surface area contributed by atoms with Crippen molar-refractivity contribution in [1.29, 1.82) is 0 Å². The van der Waals surface area contributed by atoms with Crippen molar-refractivity contribution in [3.05, 3.63) is 66.0 Å². The Kier molecular flexibility index (Phi) is 9.84. The summed E-state index contributed by atoms with van der Waals surface area (Å²) in [6.07, 6.45) is 1.22. The van der Waals surface area contributed by atoms with E-state index < -0.39 is 17.5 Å². The molecule has 1 aromatic carbocycles. The van der Waals surface area contributed by atoms with Gasteiger partial charge in [-0.15, -0.1) is 0 Å². The van der Waals surface area contributed by atoms with Gasteiger partial charge in [0.05, 0.1) is 25.1 Å². The molecule has 0 saturated heterocycles. The normalized spacial score (nSPS) is 12.6. The van der Waals surface area contributed by atoms with Crippen LogP contribution in [0.3, 0.4) is 0 Å². The molecule has 0 bridgehead atoms. The standard InChI is InChI=1S/C17H22N2O.C4H6O4/c1-17(20-14-13-19(2)3,15-9-5-4-6-10-15)16-11-7-8-12-18-16;5-3(6)1-2-4(7)8/h4-12H,13-14H2,1-3H3;1-2H2,(H,5,6)(H,7,8)/t17-;/m0./s1. The van der Waals surface area contributed by atoms with Gasteiger partial charge in [0, 0.05) is 12.7 Å². The molecule has 0 aliphatic heterocycles. The van der Waals surface area contributed by atoms with Crippen molar-refractivity contribution in [2.75, 3.05) is 27.2 Å².